The van der Waals surface area contributed by atoms with Crippen molar-refractivity contribution in [3.63, 3.8) is 0 Å². The summed E-state index contributed by atoms with van der Waals surface area (Å²) in [6.07, 6.45) is -1.05. The van der Waals surface area contributed by atoms with E-state index in [9.17, 15) is 19.7 Å². The monoisotopic (exact) mass is 435 g/mol. The zero-order chi connectivity index (χ0) is 20.0. The molecule has 0 fully saturated rings. The molecule has 1 atom stereocenters. The molecule has 8 nitrogen and oxygen atoms in total. The third-order valence-electron chi connectivity index (χ3n) is 3.72. The van der Waals surface area contributed by atoms with Crippen molar-refractivity contribution in [3.8, 4) is 0 Å². The summed E-state index contributed by atoms with van der Waals surface area (Å²) in [7, 11) is 0. The van der Waals surface area contributed by atoms with E-state index in [0.717, 1.165) is 10.2 Å². The summed E-state index contributed by atoms with van der Waals surface area (Å²) in [5, 5.41) is 16.4. The number of nitro benzene ring substituents is 1. The van der Waals surface area contributed by atoms with Gasteiger partial charge in [0.1, 0.15) is 6.54 Å². The van der Waals surface area contributed by atoms with Gasteiger partial charge < -0.3 is 15.4 Å². The van der Waals surface area contributed by atoms with Gasteiger partial charge in [0.2, 0.25) is 0 Å². The number of nitrogens with one attached hydrogen (secondary N) is 2. The van der Waals surface area contributed by atoms with Gasteiger partial charge >= 0.3 is 5.97 Å². The van der Waals surface area contributed by atoms with Crippen molar-refractivity contribution in [2.75, 3.05) is 17.2 Å². The summed E-state index contributed by atoms with van der Waals surface area (Å²) in [6, 6.07) is 11.6. The van der Waals surface area contributed by atoms with Crippen molar-refractivity contribution in [3.05, 3.63) is 62.6 Å². The fraction of sp³-hybridized carbons (Fsp3) is 0.222. The number of benzene rings is 2. The quantitative estimate of drug-likeness (QED) is 0.390. The lowest BCUT2D eigenvalue weighted by Gasteiger charge is -2.15. The molecule has 2 aromatic rings. The second-order valence-electron chi connectivity index (χ2n) is 5.69. The van der Waals surface area contributed by atoms with Gasteiger partial charge in [0.25, 0.3) is 11.6 Å². The zero-order valence-electron chi connectivity index (χ0n) is 14.7. The van der Waals surface area contributed by atoms with Gasteiger partial charge in [0.15, 0.2) is 6.10 Å². The van der Waals surface area contributed by atoms with E-state index in [-0.39, 0.29) is 12.2 Å². The van der Waals surface area contributed by atoms with Gasteiger partial charge in [-0.25, -0.2) is 0 Å². The number of carbonyl (C=O) groups excluding carboxylic acids is 2. The number of hydrogen-bond acceptors (Lipinski definition) is 6. The van der Waals surface area contributed by atoms with Gasteiger partial charge in [0, 0.05) is 16.2 Å². The van der Waals surface area contributed by atoms with Crippen LogP contribution in [0, 0.1) is 17.0 Å². The van der Waals surface area contributed by atoms with Crippen LogP contribution in [0.15, 0.2) is 46.9 Å². The predicted molar refractivity (Wildman–Crippen MR) is 105 cm³/mol. The molecule has 0 spiro atoms. The molecule has 2 rings (SSSR count). The molecule has 0 saturated heterocycles. The Kier molecular flexibility index (Phi) is 6.89. The van der Waals surface area contributed by atoms with Crippen molar-refractivity contribution >= 4 is 44.9 Å². The van der Waals surface area contributed by atoms with Crippen LogP contribution in [0.3, 0.4) is 0 Å². The first-order valence-electron chi connectivity index (χ1n) is 8.01. The largest absolute Gasteiger partial charge is 0.451 e. The number of hydrogen-bond donors (Lipinski definition) is 2. The number of amides is 1. The number of nitrogens with zero attached hydrogens (tertiary/aromatic N) is 1. The average Bonchev–Trinajstić information content (AvgIpc) is 2.62. The van der Waals surface area contributed by atoms with E-state index in [2.05, 4.69) is 26.6 Å². The summed E-state index contributed by atoms with van der Waals surface area (Å²) in [5.74, 6) is -1.17. The molecule has 1 unspecified atom stereocenters. The van der Waals surface area contributed by atoms with E-state index >= 15 is 0 Å². The van der Waals surface area contributed by atoms with Gasteiger partial charge in [-0.1, -0.05) is 22.0 Å². The molecule has 9 heteroatoms. The molecule has 0 aliphatic carbocycles. The minimum absolute atomic E-state index is 0.101. The Morgan fingerprint density at radius 1 is 1.22 bits per heavy atom. The van der Waals surface area contributed by atoms with Crippen molar-refractivity contribution in [2.24, 2.45) is 0 Å². The highest BCUT2D eigenvalue weighted by Gasteiger charge is 2.20. The van der Waals surface area contributed by atoms with Crippen LogP contribution in [-0.2, 0) is 14.3 Å². The molecule has 0 radical (unpaired) electrons. The summed E-state index contributed by atoms with van der Waals surface area (Å²) in [6.45, 7) is 2.86. The van der Waals surface area contributed by atoms with Crippen LogP contribution < -0.4 is 10.6 Å². The molecule has 0 aliphatic rings. The van der Waals surface area contributed by atoms with Gasteiger partial charge in [-0.15, -0.1) is 0 Å². The molecule has 0 saturated carbocycles. The van der Waals surface area contributed by atoms with E-state index < -0.39 is 22.9 Å². The summed E-state index contributed by atoms with van der Waals surface area (Å²) in [4.78, 5) is 34.5. The van der Waals surface area contributed by atoms with E-state index in [1.54, 1.807) is 18.2 Å². The normalized spacial score (nSPS) is 11.4. The maximum Gasteiger partial charge on any atom is 0.326 e. The smallest absolute Gasteiger partial charge is 0.326 e. The fourth-order valence-corrected chi connectivity index (χ4v) is 2.49. The summed E-state index contributed by atoms with van der Waals surface area (Å²) < 4.78 is 6.00. The summed E-state index contributed by atoms with van der Waals surface area (Å²) >= 11 is 3.32. The number of nitro groups is 1. The Hall–Kier alpha value is -2.94. The fourth-order valence-electron chi connectivity index (χ4n) is 2.23. The lowest BCUT2D eigenvalue weighted by molar-refractivity contribution is -0.385. The first-order valence-corrected chi connectivity index (χ1v) is 8.81. The Bertz CT molecular complexity index is 855. The van der Waals surface area contributed by atoms with E-state index in [1.165, 1.54) is 26.0 Å². The predicted octanol–water partition coefficient (Wildman–Crippen LogP) is 3.65. The lowest BCUT2D eigenvalue weighted by atomic mass is 10.1. The Morgan fingerprint density at radius 3 is 2.52 bits per heavy atom. The molecular weight excluding hydrogens is 418 g/mol. The zero-order valence-corrected chi connectivity index (χ0v) is 16.3. The van der Waals surface area contributed by atoms with Gasteiger partial charge in [0.05, 0.1) is 16.2 Å². The number of anilines is 2. The highest BCUT2D eigenvalue weighted by atomic mass is 79.9. The van der Waals surface area contributed by atoms with Crippen LogP contribution in [0.4, 0.5) is 17.1 Å². The van der Waals surface area contributed by atoms with E-state index in [0.29, 0.717) is 11.3 Å². The minimum atomic E-state index is -1.05. The van der Waals surface area contributed by atoms with Crippen LogP contribution in [0.2, 0.25) is 0 Å². The van der Waals surface area contributed by atoms with Crippen molar-refractivity contribution < 1.29 is 19.2 Å². The third kappa shape index (κ3) is 5.78. The maximum atomic E-state index is 12.2. The number of halogens is 1. The second-order valence-corrected chi connectivity index (χ2v) is 6.60. The second kappa shape index (κ2) is 9.13. The highest BCUT2D eigenvalue weighted by molar-refractivity contribution is 9.10. The lowest BCUT2D eigenvalue weighted by Crippen LogP contribution is -2.32. The number of esters is 1. The van der Waals surface area contributed by atoms with E-state index in [1.807, 2.05) is 12.1 Å². The van der Waals surface area contributed by atoms with Crippen molar-refractivity contribution in [2.45, 2.75) is 20.0 Å². The average molecular weight is 436 g/mol. The Morgan fingerprint density at radius 2 is 1.89 bits per heavy atom. The van der Waals surface area contributed by atoms with Gasteiger partial charge in [-0.2, -0.15) is 0 Å². The first kappa shape index (κ1) is 20.4. The number of carbonyl (C=O) groups is 2. The molecule has 142 valence electrons. The van der Waals surface area contributed by atoms with Gasteiger partial charge in [-0.3, -0.25) is 19.7 Å². The molecule has 2 N–H and O–H groups in total. The molecule has 0 heterocycles. The topological polar surface area (TPSA) is 111 Å². The van der Waals surface area contributed by atoms with Crippen molar-refractivity contribution in [1.29, 1.82) is 0 Å². The molecule has 0 aliphatic heterocycles. The van der Waals surface area contributed by atoms with E-state index in [4.69, 9.17) is 4.74 Å². The Labute approximate surface area is 164 Å². The van der Waals surface area contributed by atoms with Crippen molar-refractivity contribution in [1.82, 2.24) is 0 Å². The SMILES string of the molecule is Cc1c(NC(=O)C(C)OC(=O)CNc2ccc(Br)cc2)cccc1[N+](=O)[O-]. The van der Waals surface area contributed by atoms with Gasteiger partial charge in [-0.05, 0) is 44.2 Å². The molecule has 0 bridgehead atoms. The number of rotatable bonds is 7. The maximum absolute atomic E-state index is 12.2. The first-order chi connectivity index (χ1) is 12.8. The Balaban J connectivity index is 1.89. The molecule has 2 aromatic carbocycles. The molecular formula is C18H18BrN3O5. The third-order valence-corrected chi connectivity index (χ3v) is 4.25. The summed E-state index contributed by atoms with van der Waals surface area (Å²) in [5.41, 5.74) is 1.26. The minimum Gasteiger partial charge on any atom is -0.451 e. The molecule has 0 aromatic heterocycles. The molecule has 1 amide bonds. The van der Waals surface area contributed by atoms with Crippen LogP contribution in [0.1, 0.15) is 12.5 Å². The van der Waals surface area contributed by atoms with Crippen LogP contribution >= 0.6 is 15.9 Å². The standard InChI is InChI=1S/C18H18BrN3O5/c1-11-15(4-3-5-16(11)22(25)26)21-18(24)12(2)27-17(23)10-20-14-8-6-13(19)7-9-14/h3-9,12,20H,10H2,1-2H3,(H,21,24). The molecule has 27 heavy (non-hydrogen) atoms. The van der Waals surface area contributed by atoms with Crippen LogP contribution in [0.5, 0.6) is 0 Å². The van der Waals surface area contributed by atoms with Crippen LogP contribution in [-0.4, -0.2) is 29.4 Å². The number of ether oxygens (including phenoxy) is 1. The highest BCUT2D eigenvalue weighted by Crippen LogP contribution is 2.25. The van der Waals surface area contributed by atoms with Crippen LogP contribution in [0.25, 0.3) is 0 Å².